The molecule has 0 amide bonds. The molecule has 1 aromatic heterocycles. The van der Waals surface area contributed by atoms with Gasteiger partial charge in [0.25, 0.3) is 0 Å². The minimum atomic E-state index is -0.317. The van der Waals surface area contributed by atoms with E-state index in [1.807, 2.05) is 38.1 Å². The molecule has 0 aliphatic carbocycles. The quantitative estimate of drug-likeness (QED) is 0.623. The lowest BCUT2D eigenvalue weighted by Gasteiger charge is -2.04. The first-order valence-corrected chi connectivity index (χ1v) is 6.33. The molecular formula is C16H17NO2. The number of hydrogen-bond acceptors (Lipinski definition) is 3. The van der Waals surface area contributed by atoms with Crippen molar-refractivity contribution in [3.63, 3.8) is 0 Å². The van der Waals surface area contributed by atoms with Crippen molar-refractivity contribution >= 4 is 22.9 Å². The van der Waals surface area contributed by atoms with Crippen LogP contribution in [0.3, 0.4) is 0 Å². The predicted molar refractivity (Wildman–Crippen MR) is 76.9 cm³/mol. The summed E-state index contributed by atoms with van der Waals surface area (Å²) in [4.78, 5) is 15.8. The Morgan fingerprint density at radius 1 is 1.32 bits per heavy atom. The minimum absolute atomic E-state index is 0.317. The van der Waals surface area contributed by atoms with Gasteiger partial charge in [0.1, 0.15) is 0 Å². The van der Waals surface area contributed by atoms with Crippen LogP contribution in [0.5, 0.6) is 0 Å². The van der Waals surface area contributed by atoms with Crippen LogP contribution in [0.4, 0.5) is 0 Å². The number of hydrogen-bond donors (Lipinski definition) is 0. The van der Waals surface area contributed by atoms with Gasteiger partial charge >= 0.3 is 5.97 Å². The first-order chi connectivity index (χ1) is 9.10. The smallest absolute Gasteiger partial charge is 0.330 e. The number of esters is 1. The van der Waals surface area contributed by atoms with Crippen molar-refractivity contribution in [3.05, 3.63) is 47.2 Å². The van der Waals surface area contributed by atoms with E-state index in [0.29, 0.717) is 6.61 Å². The van der Waals surface area contributed by atoms with Gasteiger partial charge in [-0.2, -0.15) is 0 Å². The van der Waals surface area contributed by atoms with Gasteiger partial charge in [-0.15, -0.1) is 0 Å². The fourth-order valence-electron chi connectivity index (χ4n) is 1.99. The average Bonchev–Trinajstić information content (AvgIpc) is 2.38. The van der Waals surface area contributed by atoms with Gasteiger partial charge in [-0.25, -0.2) is 4.79 Å². The summed E-state index contributed by atoms with van der Waals surface area (Å²) in [6, 6.07) is 8.07. The number of ether oxygens (including phenoxy) is 1. The largest absolute Gasteiger partial charge is 0.463 e. The number of aromatic nitrogens is 1. The van der Waals surface area contributed by atoms with E-state index in [1.165, 1.54) is 6.08 Å². The zero-order valence-corrected chi connectivity index (χ0v) is 11.4. The number of carbonyl (C=O) groups excluding carboxylic acids is 1. The van der Waals surface area contributed by atoms with Crippen molar-refractivity contribution in [3.8, 4) is 0 Å². The third-order valence-corrected chi connectivity index (χ3v) is 2.84. The van der Waals surface area contributed by atoms with Crippen LogP contribution < -0.4 is 0 Å². The number of carbonyl (C=O) groups is 1. The molecule has 1 aromatic carbocycles. The first-order valence-electron chi connectivity index (χ1n) is 6.33. The summed E-state index contributed by atoms with van der Waals surface area (Å²) in [5.74, 6) is -0.317. The molecule has 0 saturated heterocycles. The summed E-state index contributed by atoms with van der Waals surface area (Å²) >= 11 is 0. The van der Waals surface area contributed by atoms with Gasteiger partial charge in [-0.1, -0.05) is 6.07 Å². The lowest BCUT2D eigenvalue weighted by Crippen LogP contribution is -1.98. The van der Waals surface area contributed by atoms with Gasteiger partial charge in [-0.05, 0) is 56.2 Å². The second-order valence-electron chi connectivity index (χ2n) is 4.45. The van der Waals surface area contributed by atoms with E-state index >= 15 is 0 Å². The fourth-order valence-corrected chi connectivity index (χ4v) is 1.99. The van der Waals surface area contributed by atoms with E-state index in [1.54, 1.807) is 13.0 Å². The second-order valence-corrected chi connectivity index (χ2v) is 4.45. The molecule has 3 heteroatoms. The Hall–Kier alpha value is -2.16. The monoisotopic (exact) mass is 255 g/mol. The zero-order chi connectivity index (χ0) is 13.8. The lowest BCUT2D eigenvalue weighted by atomic mass is 10.1. The van der Waals surface area contributed by atoms with E-state index in [2.05, 4.69) is 4.98 Å². The molecule has 0 fully saturated rings. The number of benzene rings is 1. The van der Waals surface area contributed by atoms with Gasteiger partial charge < -0.3 is 4.74 Å². The molecule has 19 heavy (non-hydrogen) atoms. The van der Waals surface area contributed by atoms with Crippen molar-refractivity contribution in [2.24, 2.45) is 0 Å². The molecule has 0 spiro atoms. The number of nitrogens with zero attached hydrogens (tertiary/aromatic N) is 1. The molecule has 0 radical (unpaired) electrons. The Morgan fingerprint density at radius 2 is 2.11 bits per heavy atom. The van der Waals surface area contributed by atoms with Crippen LogP contribution in [0.15, 0.2) is 30.3 Å². The second kappa shape index (κ2) is 5.65. The summed E-state index contributed by atoms with van der Waals surface area (Å²) in [6.07, 6.45) is 3.22. The number of pyridine rings is 1. The van der Waals surface area contributed by atoms with Gasteiger partial charge in [-0.3, -0.25) is 4.98 Å². The molecule has 0 N–H and O–H groups in total. The molecule has 3 nitrogen and oxygen atoms in total. The van der Waals surface area contributed by atoms with Gasteiger partial charge in [0, 0.05) is 17.2 Å². The third kappa shape index (κ3) is 3.19. The molecule has 0 atom stereocenters. The molecular weight excluding hydrogens is 238 g/mol. The molecule has 98 valence electrons. The zero-order valence-electron chi connectivity index (χ0n) is 11.4. The van der Waals surface area contributed by atoms with E-state index in [0.717, 1.165) is 27.7 Å². The SMILES string of the molecule is CCOC(=O)/C=C/c1cc(C)c2nc(C)ccc2c1. The Bertz CT molecular complexity index is 644. The van der Waals surface area contributed by atoms with Gasteiger partial charge in [0.05, 0.1) is 12.1 Å². The molecule has 2 aromatic rings. The topological polar surface area (TPSA) is 39.2 Å². The number of fused-ring (bicyclic) bond motifs is 1. The minimum Gasteiger partial charge on any atom is -0.463 e. The maximum absolute atomic E-state index is 11.3. The van der Waals surface area contributed by atoms with E-state index in [4.69, 9.17) is 4.74 Å². The highest BCUT2D eigenvalue weighted by Crippen LogP contribution is 2.20. The molecule has 0 saturated carbocycles. The maximum atomic E-state index is 11.3. The first kappa shape index (κ1) is 13.3. The molecule has 0 unspecified atom stereocenters. The highest BCUT2D eigenvalue weighted by atomic mass is 16.5. The van der Waals surface area contributed by atoms with Crippen LogP contribution in [0.2, 0.25) is 0 Å². The van der Waals surface area contributed by atoms with E-state index in [9.17, 15) is 4.79 Å². The molecule has 1 heterocycles. The van der Waals surface area contributed by atoms with Crippen molar-refractivity contribution in [2.75, 3.05) is 6.61 Å². The van der Waals surface area contributed by atoms with Crippen LogP contribution in [-0.2, 0) is 9.53 Å². The summed E-state index contributed by atoms with van der Waals surface area (Å²) in [5, 5.41) is 1.08. The summed E-state index contributed by atoms with van der Waals surface area (Å²) in [7, 11) is 0. The highest BCUT2D eigenvalue weighted by Gasteiger charge is 2.02. The third-order valence-electron chi connectivity index (χ3n) is 2.84. The van der Waals surface area contributed by atoms with Gasteiger partial charge in [0.2, 0.25) is 0 Å². The summed E-state index contributed by atoms with van der Waals surface area (Å²) in [6.45, 7) is 6.19. The molecule has 2 rings (SSSR count). The van der Waals surface area contributed by atoms with Crippen LogP contribution in [0.25, 0.3) is 17.0 Å². The number of aryl methyl sites for hydroxylation is 2. The van der Waals surface area contributed by atoms with Crippen LogP contribution >= 0.6 is 0 Å². The van der Waals surface area contributed by atoms with E-state index < -0.39 is 0 Å². The Morgan fingerprint density at radius 3 is 2.84 bits per heavy atom. The molecule has 0 aliphatic rings. The summed E-state index contributed by atoms with van der Waals surface area (Å²) < 4.78 is 4.86. The molecule has 0 bridgehead atoms. The fraction of sp³-hybridized carbons (Fsp3) is 0.250. The highest BCUT2D eigenvalue weighted by molar-refractivity contribution is 5.89. The molecule has 0 aliphatic heterocycles. The van der Waals surface area contributed by atoms with Crippen LogP contribution in [0, 0.1) is 13.8 Å². The number of rotatable bonds is 3. The predicted octanol–water partition coefficient (Wildman–Crippen LogP) is 3.43. The lowest BCUT2D eigenvalue weighted by molar-refractivity contribution is -0.137. The maximum Gasteiger partial charge on any atom is 0.330 e. The van der Waals surface area contributed by atoms with Crippen molar-refractivity contribution < 1.29 is 9.53 Å². The van der Waals surface area contributed by atoms with Crippen LogP contribution in [-0.4, -0.2) is 17.6 Å². The van der Waals surface area contributed by atoms with Crippen molar-refractivity contribution in [1.29, 1.82) is 0 Å². The van der Waals surface area contributed by atoms with Crippen molar-refractivity contribution in [2.45, 2.75) is 20.8 Å². The Kier molecular flexibility index (Phi) is 3.95. The Balaban J connectivity index is 2.36. The standard InChI is InChI=1S/C16H17NO2/c1-4-19-15(18)8-6-13-9-11(2)16-14(10-13)7-5-12(3)17-16/h5-10H,4H2,1-3H3/b8-6+. The summed E-state index contributed by atoms with van der Waals surface area (Å²) in [5.41, 5.74) is 4.09. The average molecular weight is 255 g/mol. The van der Waals surface area contributed by atoms with E-state index in [-0.39, 0.29) is 5.97 Å². The normalized spacial score (nSPS) is 11.1. The van der Waals surface area contributed by atoms with Crippen LogP contribution in [0.1, 0.15) is 23.7 Å². The van der Waals surface area contributed by atoms with Gasteiger partial charge in [0.15, 0.2) is 0 Å². The Labute approximate surface area is 112 Å². The van der Waals surface area contributed by atoms with Crippen molar-refractivity contribution in [1.82, 2.24) is 4.98 Å².